The highest BCUT2D eigenvalue weighted by molar-refractivity contribution is 5.93. The average molecular weight is 351 g/mol. The molecule has 0 bridgehead atoms. The summed E-state index contributed by atoms with van der Waals surface area (Å²) in [6.07, 6.45) is 0.646. The number of piperidine rings is 1. The average Bonchev–Trinajstić information content (AvgIpc) is 3.35. The van der Waals surface area contributed by atoms with Gasteiger partial charge < -0.3 is 14.8 Å². The maximum absolute atomic E-state index is 12.9. The third-order valence-corrected chi connectivity index (χ3v) is 5.44. The topological polar surface area (TPSA) is 20.2 Å². The Bertz CT molecular complexity index is 753. The number of aromatic nitrogens is 1. The Hall–Kier alpha value is -1.69. The van der Waals surface area contributed by atoms with E-state index in [1.165, 1.54) is 17.4 Å². The van der Waals surface area contributed by atoms with Gasteiger partial charge in [-0.3, -0.25) is 0 Å². The quantitative estimate of drug-likeness (QED) is 0.872. The van der Waals surface area contributed by atoms with Crippen LogP contribution >= 0.6 is 0 Å². The number of anilines is 1. The van der Waals surface area contributed by atoms with Crippen molar-refractivity contribution in [3.8, 4) is 0 Å². The van der Waals surface area contributed by atoms with E-state index >= 15 is 0 Å². The van der Waals surface area contributed by atoms with Crippen molar-refractivity contribution in [1.82, 2.24) is 9.47 Å². The molecular formula is C19H24F3N3. The van der Waals surface area contributed by atoms with Crippen LogP contribution in [0.4, 0.5) is 18.9 Å². The van der Waals surface area contributed by atoms with E-state index in [1.807, 2.05) is 18.2 Å². The Labute approximate surface area is 145 Å². The first-order valence-electron chi connectivity index (χ1n) is 9.07. The van der Waals surface area contributed by atoms with Crippen molar-refractivity contribution in [3.05, 3.63) is 30.0 Å². The molecule has 0 atom stereocenters. The van der Waals surface area contributed by atoms with Gasteiger partial charge in [-0.15, -0.1) is 0 Å². The third-order valence-electron chi connectivity index (χ3n) is 5.44. The van der Waals surface area contributed by atoms with Crippen LogP contribution in [0.2, 0.25) is 0 Å². The number of halogens is 3. The molecule has 1 aromatic carbocycles. The predicted molar refractivity (Wildman–Crippen MR) is 94.0 cm³/mol. The molecule has 3 nitrogen and oxygen atoms in total. The second-order valence-corrected chi connectivity index (χ2v) is 7.41. The van der Waals surface area contributed by atoms with E-state index in [0.29, 0.717) is 17.3 Å². The molecule has 6 heteroatoms. The summed E-state index contributed by atoms with van der Waals surface area (Å²) in [6, 6.07) is 8.66. The summed E-state index contributed by atoms with van der Waals surface area (Å²) in [5.74, 6) is 0. The zero-order valence-corrected chi connectivity index (χ0v) is 14.4. The fourth-order valence-corrected chi connectivity index (χ4v) is 4.00. The number of alkyl halides is 3. The molecule has 1 N–H and O–H groups in total. The number of rotatable bonds is 4. The number of benzene rings is 1. The molecule has 0 spiro atoms. The highest BCUT2D eigenvalue weighted by Gasteiger charge is 2.32. The molecule has 25 heavy (non-hydrogen) atoms. The molecule has 1 saturated carbocycles. The van der Waals surface area contributed by atoms with Gasteiger partial charge in [0.2, 0.25) is 0 Å². The highest BCUT2D eigenvalue weighted by atomic mass is 19.4. The number of nitrogens with one attached hydrogen (secondary N) is 1. The van der Waals surface area contributed by atoms with Crippen LogP contribution in [0.5, 0.6) is 0 Å². The zero-order valence-electron chi connectivity index (χ0n) is 14.4. The maximum atomic E-state index is 12.9. The van der Waals surface area contributed by atoms with E-state index in [2.05, 4.69) is 10.2 Å². The van der Waals surface area contributed by atoms with Crippen molar-refractivity contribution in [2.75, 3.05) is 18.4 Å². The van der Waals surface area contributed by atoms with Gasteiger partial charge in [-0.25, -0.2) is 0 Å². The monoisotopic (exact) mass is 351 g/mol. The molecule has 1 saturated heterocycles. The molecule has 1 aliphatic carbocycles. The van der Waals surface area contributed by atoms with Crippen molar-refractivity contribution in [3.63, 3.8) is 0 Å². The minimum atomic E-state index is -4.21. The van der Waals surface area contributed by atoms with E-state index in [9.17, 15) is 13.2 Å². The van der Waals surface area contributed by atoms with Crippen LogP contribution in [0.3, 0.4) is 0 Å². The molecule has 1 aromatic heterocycles. The molecule has 0 unspecified atom stereocenters. The van der Waals surface area contributed by atoms with Crippen LogP contribution in [0, 0.1) is 6.92 Å². The van der Waals surface area contributed by atoms with Crippen LogP contribution < -0.4 is 5.32 Å². The number of likely N-dealkylation sites (tertiary alicyclic amines) is 1. The summed E-state index contributed by atoms with van der Waals surface area (Å²) in [5, 5.41) is 4.47. The molecule has 1 aliphatic heterocycles. The number of hydrogen-bond acceptors (Lipinski definition) is 2. The predicted octanol–water partition coefficient (Wildman–Crippen LogP) is 4.55. The standard InChI is InChI=1S/C19H24F3N3/c1-13-11-16-17(3-2-4-18(16)25(13)12-19(20,21)22)23-14-7-9-24(10-8-14)15-5-6-15/h2-4,11,14-15,23H,5-10,12H2,1H3. The zero-order chi connectivity index (χ0) is 17.6. The summed E-state index contributed by atoms with van der Waals surface area (Å²) in [5.41, 5.74) is 2.24. The van der Waals surface area contributed by atoms with Crippen molar-refractivity contribution in [2.24, 2.45) is 0 Å². The van der Waals surface area contributed by atoms with E-state index in [0.717, 1.165) is 43.0 Å². The van der Waals surface area contributed by atoms with Crippen LogP contribution in [0.1, 0.15) is 31.4 Å². The first kappa shape index (κ1) is 16.8. The molecule has 2 heterocycles. The molecule has 4 rings (SSSR count). The summed E-state index contributed by atoms with van der Waals surface area (Å²) in [7, 11) is 0. The van der Waals surface area contributed by atoms with E-state index < -0.39 is 12.7 Å². The summed E-state index contributed by atoms with van der Waals surface area (Å²) >= 11 is 0. The third kappa shape index (κ3) is 3.64. The van der Waals surface area contributed by atoms with Gasteiger partial charge in [0.05, 0.1) is 5.52 Å². The van der Waals surface area contributed by atoms with Gasteiger partial charge in [-0.2, -0.15) is 13.2 Å². The van der Waals surface area contributed by atoms with Crippen LogP contribution in [0.15, 0.2) is 24.3 Å². The maximum Gasteiger partial charge on any atom is 0.406 e. The first-order valence-corrected chi connectivity index (χ1v) is 9.07. The van der Waals surface area contributed by atoms with E-state index in [4.69, 9.17) is 0 Å². The fourth-order valence-electron chi connectivity index (χ4n) is 4.00. The van der Waals surface area contributed by atoms with Gasteiger partial charge in [-0.1, -0.05) is 6.07 Å². The van der Waals surface area contributed by atoms with Crippen LogP contribution in [-0.4, -0.2) is 40.8 Å². The lowest BCUT2D eigenvalue weighted by Crippen LogP contribution is -2.40. The molecule has 2 aliphatic rings. The molecule has 136 valence electrons. The Morgan fingerprint density at radius 2 is 1.84 bits per heavy atom. The Morgan fingerprint density at radius 3 is 2.48 bits per heavy atom. The highest BCUT2D eigenvalue weighted by Crippen LogP contribution is 2.33. The number of fused-ring (bicyclic) bond motifs is 1. The lowest BCUT2D eigenvalue weighted by atomic mass is 10.0. The Balaban J connectivity index is 1.53. The van der Waals surface area contributed by atoms with E-state index in [-0.39, 0.29) is 0 Å². The summed E-state index contributed by atoms with van der Waals surface area (Å²) in [4.78, 5) is 2.57. The second kappa shape index (κ2) is 6.24. The number of aryl methyl sites for hydroxylation is 1. The molecular weight excluding hydrogens is 327 g/mol. The minimum Gasteiger partial charge on any atom is -0.382 e. The van der Waals surface area contributed by atoms with Gasteiger partial charge in [0.15, 0.2) is 0 Å². The summed E-state index contributed by atoms with van der Waals surface area (Å²) in [6.45, 7) is 3.04. The first-order chi connectivity index (χ1) is 11.9. The van der Waals surface area contributed by atoms with Gasteiger partial charge in [-0.05, 0) is 50.8 Å². The summed E-state index contributed by atoms with van der Waals surface area (Å²) < 4.78 is 40.0. The Kier molecular flexibility index (Phi) is 4.18. The van der Waals surface area contributed by atoms with Gasteiger partial charge in [0, 0.05) is 41.9 Å². The molecule has 2 fully saturated rings. The number of hydrogen-bond donors (Lipinski definition) is 1. The normalized spacial score (nSPS) is 20.3. The lowest BCUT2D eigenvalue weighted by molar-refractivity contribution is -0.140. The molecule has 0 radical (unpaired) electrons. The largest absolute Gasteiger partial charge is 0.406 e. The SMILES string of the molecule is Cc1cc2c(NC3CCN(C4CC4)CC3)cccc2n1CC(F)(F)F. The molecule has 2 aromatic rings. The smallest absolute Gasteiger partial charge is 0.382 e. The van der Waals surface area contributed by atoms with Gasteiger partial charge >= 0.3 is 6.18 Å². The van der Waals surface area contributed by atoms with E-state index in [1.54, 1.807) is 13.0 Å². The van der Waals surface area contributed by atoms with Crippen LogP contribution in [0.25, 0.3) is 10.9 Å². The number of nitrogens with zero attached hydrogens (tertiary/aromatic N) is 2. The minimum absolute atomic E-state index is 0.395. The van der Waals surface area contributed by atoms with Crippen molar-refractivity contribution in [2.45, 2.75) is 57.4 Å². The lowest BCUT2D eigenvalue weighted by Gasteiger charge is -2.33. The Morgan fingerprint density at radius 1 is 1.12 bits per heavy atom. The molecule has 0 amide bonds. The fraction of sp³-hybridized carbons (Fsp3) is 0.579. The van der Waals surface area contributed by atoms with Crippen molar-refractivity contribution >= 4 is 16.6 Å². The van der Waals surface area contributed by atoms with Crippen molar-refractivity contribution < 1.29 is 13.2 Å². The van der Waals surface area contributed by atoms with Gasteiger partial charge in [0.1, 0.15) is 6.54 Å². The van der Waals surface area contributed by atoms with Crippen LogP contribution in [-0.2, 0) is 6.54 Å². The second-order valence-electron chi connectivity index (χ2n) is 7.41. The van der Waals surface area contributed by atoms with Gasteiger partial charge in [0.25, 0.3) is 0 Å². The van der Waals surface area contributed by atoms with Crippen molar-refractivity contribution in [1.29, 1.82) is 0 Å².